The van der Waals surface area contributed by atoms with Crippen LogP contribution in [0.2, 0.25) is 5.02 Å². The van der Waals surface area contributed by atoms with Crippen LogP contribution in [-0.4, -0.2) is 31.9 Å². The second-order valence-electron chi connectivity index (χ2n) is 4.31. The van der Waals surface area contributed by atoms with Gasteiger partial charge in [0.1, 0.15) is 12.4 Å². The summed E-state index contributed by atoms with van der Waals surface area (Å²) in [4.78, 5) is 11.5. The standard InChI is InChI=1S/C14H17ClO4/c1-2-17-14(16)10-5-6-13(12(15)8-10)19-9-11-4-3-7-18-11/h5-6,8,11H,2-4,7,9H2,1H3. The van der Waals surface area contributed by atoms with E-state index in [1.54, 1.807) is 25.1 Å². The summed E-state index contributed by atoms with van der Waals surface area (Å²) >= 11 is 6.09. The van der Waals surface area contributed by atoms with Crippen molar-refractivity contribution in [2.75, 3.05) is 19.8 Å². The Hall–Kier alpha value is -1.26. The number of halogens is 1. The molecule has 1 aliphatic rings. The highest BCUT2D eigenvalue weighted by atomic mass is 35.5. The first-order chi connectivity index (χ1) is 9.20. The number of esters is 1. The molecule has 1 unspecified atom stereocenters. The molecule has 0 aliphatic carbocycles. The van der Waals surface area contributed by atoms with Gasteiger partial charge in [0, 0.05) is 6.61 Å². The Kier molecular flexibility index (Phi) is 5.05. The highest BCUT2D eigenvalue weighted by molar-refractivity contribution is 6.32. The maximum Gasteiger partial charge on any atom is 0.338 e. The van der Waals surface area contributed by atoms with Crippen molar-refractivity contribution in [3.05, 3.63) is 28.8 Å². The maximum absolute atomic E-state index is 11.5. The molecule has 1 fully saturated rings. The molecular weight excluding hydrogens is 268 g/mol. The van der Waals surface area contributed by atoms with E-state index < -0.39 is 0 Å². The molecule has 0 amide bonds. The second kappa shape index (κ2) is 6.78. The molecule has 1 heterocycles. The molecule has 19 heavy (non-hydrogen) atoms. The lowest BCUT2D eigenvalue weighted by atomic mass is 10.2. The van der Waals surface area contributed by atoms with Crippen LogP contribution in [0, 0.1) is 0 Å². The molecule has 0 N–H and O–H groups in total. The summed E-state index contributed by atoms with van der Waals surface area (Å²) in [5.41, 5.74) is 0.427. The summed E-state index contributed by atoms with van der Waals surface area (Å²) in [7, 11) is 0. The van der Waals surface area contributed by atoms with Gasteiger partial charge < -0.3 is 14.2 Å². The normalized spacial score (nSPS) is 18.3. The van der Waals surface area contributed by atoms with Gasteiger partial charge in [-0.15, -0.1) is 0 Å². The summed E-state index contributed by atoms with van der Waals surface area (Å²) in [6, 6.07) is 4.89. The molecule has 2 rings (SSSR count). The van der Waals surface area contributed by atoms with Crippen LogP contribution in [0.3, 0.4) is 0 Å². The van der Waals surface area contributed by atoms with Crippen LogP contribution in [0.5, 0.6) is 5.75 Å². The Bertz CT molecular complexity index is 441. The number of carbonyl (C=O) groups excluding carboxylic acids is 1. The third-order valence-electron chi connectivity index (χ3n) is 2.89. The summed E-state index contributed by atoms with van der Waals surface area (Å²) < 4.78 is 16.0. The molecule has 1 aromatic rings. The Morgan fingerprint density at radius 3 is 3.00 bits per heavy atom. The number of hydrogen-bond donors (Lipinski definition) is 0. The van der Waals surface area contributed by atoms with E-state index in [-0.39, 0.29) is 12.1 Å². The Labute approximate surface area is 117 Å². The molecule has 0 saturated carbocycles. The van der Waals surface area contributed by atoms with Gasteiger partial charge in [0.2, 0.25) is 0 Å². The van der Waals surface area contributed by atoms with E-state index in [0.717, 1.165) is 19.4 Å². The van der Waals surface area contributed by atoms with Gasteiger partial charge in [-0.25, -0.2) is 4.79 Å². The number of ether oxygens (including phenoxy) is 3. The van der Waals surface area contributed by atoms with Gasteiger partial charge in [-0.1, -0.05) is 11.6 Å². The van der Waals surface area contributed by atoms with E-state index in [2.05, 4.69) is 0 Å². The first kappa shape index (κ1) is 14.2. The molecule has 1 saturated heterocycles. The van der Waals surface area contributed by atoms with E-state index in [0.29, 0.717) is 29.5 Å². The molecule has 0 bridgehead atoms. The minimum Gasteiger partial charge on any atom is -0.489 e. The molecule has 1 aromatic carbocycles. The van der Waals surface area contributed by atoms with E-state index in [1.165, 1.54) is 0 Å². The Morgan fingerprint density at radius 2 is 2.37 bits per heavy atom. The van der Waals surface area contributed by atoms with Gasteiger partial charge in [-0.05, 0) is 38.0 Å². The first-order valence-corrected chi connectivity index (χ1v) is 6.79. The van der Waals surface area contributed by atoms with Crippen molar-refractivity contribution in [3.63, 3.8) is 0 Å². The molecule has 104 valence electrons. The largest absolute Gasteiger partial charge is 0.489 e. The topological polar surface area (TPSA) is 44.8 Å². The predicted octanol–water partition coefficient (Wildman–Crippen LogP) is 3.07. The van der Waals surface area contributed by atoms with Crippen molar-refractivity contribution in [3.8, 4) is 5.75 Å². The quantitative estimate of drug-likeness (QED) is 0.780. The van der Waals surface area contributed by atoms with Crippen LogP contribution in [0.15, 0.2) is 18.2 Å². The lowest BCUT2D eigenvalue weighted by Gasteiger charge is -2.13. The zero-order valence-corrected chi connectivity index (χ0v) is 11.6. The van der Waals surface area contributed by atoms with Crippen LogP contribution in [0.4, 0.5) is 0 Å². The summed E-state index contributed by atoms with van der Waals surface area (Å²) in [6.45, 7) is 3.38. The highest BCUT2D eigenvalue weighted by Crippen LogP contribution is 2.26. The van der Waals surface area contributed by atoms with Crippen LogP contribution in [-0.2, 0) is 9.47 Å². The fourth-order valence-corrected chi connectivity index (χ4v) is 2.15. The Balaban J connectivity index is 1.96. The zero-order chi connectivity index (χ0) is 13.7. The van der Waals surface area contributed by atoms with Crippen molar-refractivity contribution >= 4 is 17.6 Å². The zero-order valence-electron chi connectivity index (χ0n) is 10.9. The predicted molar refractivity (Wildman–Crippen MR) is 71.9 cm³/mol. The molecular formula is C14H17ClO4. The minimum absolute atomic E-state index is 0.140. The van der Waals surface area contributed by atoms with Crippen molar-refractivity contribution < 1.29 is 19.0 Å². The van der Waals surface area contributed by atoms with Crippen molar-refractivity contribution in [1.82, 2.24) is 0 Å². The maximum atomic E-state index is 11.5. The van der Waals surface area contributed by atoms with Gasteiger partial charge in [-0.2, -0.15) is 0 Å². The van der Waals surface area contributed by atoms with Crippen LogP contribution >= 0.6 is 11.6 Å². The van der Waals surface area contributed by atoms with Crippen LogP contribution in [0.25, 0.3) is 0 Å². The Morgan fingerprint density at radius 1 is 1.53 bits per heavy atom. The first-order valence-electron chi connectivity index (χ1n) is 6.41. The number of rotatable bonds is 5. The third kappa shape index (κ3) is 3.85. The molecule has 5 heteroatoms. The molecule has 0 radical (unpaired) electrons. The fourth-order valence-electron chi connectivity index (χ4n) is 1.92. The smallest absolute Gasteiger partial charge is 0.338 e. The van der Waals surface area contributed by atoms with Crippen molar-refractivity contribution in [1.29, 1.82) is 0 Å². The molecule has 4 nitrogen and oxygen atoms in total. The average Bonchev–Trinajstić information content (AvgIpc) is 2.90. The SMILES string of the molecule is CCOC(=O)c1ccc(OCC2CCCO2)c(Cl)c1. The summed E-state index contributed by atoms with van der Waals surface area (Å²) in [6.07, 6.45) is 2.23. The summed E-state index contributed by atoms with van der Waals surface area (Å²) in [5, 5.41) is 0.406. The van der Waals surface area contributed by atoms with Crippen LogP contribution < -0.4 is 4.74 Å². The average molecular weight is 285 g/mol. The van der Waals surface area contributed by atoms with Gasteiger partial charge in [-0.3, -0.25) is 0 Å². The van der Waals surface area contributed by atoms with E-state index in [9.17, 15) is 4.79 Å². The third-order valence-corrected chi connectivity index (χ3v) is 3.19. The van der Waals surface area contributed by atoms with Crippen molar-refractivity contribution in [2.24, 2.45) is 0 Å². The van der Waals surface area contributed by atoms with E-state index in [1.807, 2.05) is 0 Å². The molecule has 0 aromatic heterocycles. The summed E-state index contributed by atoms with van der Waals surface area (Å²) in [5.74, 6) is 0.181. The number of carbonyl (C=O) groups is 1. The molecule has 0 spiro atoms. The number of benzene rings is 1. The lowest BCUT2D eigenvalue weighted by molar-refractivity contribution is 0.0525. The second-order valence-corrected chi connectivity index (χ2v) is 4.72. The van der Waals surface area contributed by atoms with Crippen LogP contribution in [0.1, 0.15) is 30.1 Å². The molecule has 1 aliphatic heterocycles. The highest BCUT2D eigenvalue weighted by Gasteiger charge is 2.17. The van der Waals surface area contributed by atoms with Gasteiger partial charge in [0.25, 0.3) is 0 Å². The lowest BCUT2D eigenvalue weighted by Crippen LogP contribution is -2.16. The van der Waals surface area contributed by atoms with Crippen molar-refractivity contribution in [2.45, 2.75) is 25.9 Å². The fraction of sp³-hybridized carbons (Fsp3) is 0.500. The van der Waals surface area contributed by atoms with Gasteiger partial charge in [0.05, 0.1) is 23.3 Å². The van der Waals surface area contributed by atoms with E-state index >= 15 is 0 Å². The van der Waals surface area contributed by atoms with Gasteiger partial charge in [0.15, 0.2) is 0 Å². The van der Waals surface area contributed by atoms with E-state index in [4.69, 9.17) is 25.8 Å². The number of hydrogen-bond acceptors (Lipinski definition) is 4. The molecule has 1 atom stereocenters. The minimum atomic E-state index is -0.380. The van der Waals surface area contributed by atoms with Gasteiger partial charge >= 0.3 is 5.97 Å². The monoisotopic (exact) mass is 284 g/mol.